The summed E-state index contributed by atoms with van der Waals surface area (Å²) < 4.78 is 6.56. The molecule has 0 amide bonds. The van der Waals surface area contributed by atoms with Crippen LogP contribution in [0.4, 0.5) is 0 Å². The van der Waals surface area contributed by atoms with Crippen LogP contribution in [0.2, 0.25) is 0 Å². The van der Waals surface area contributed by atoms with E-state index in [0.29, 0.717) is 44.4 Å². The van der Waals surface area contributed by atoms with E-state index in [1.807, 2.05) is 17.2 Å². The molecule has 3 saturated carbocycles. The number of guanidine groups is 1. The highest BCUT2D eigenvalue weighted by Crippen LogP contribution is 2.77. The first-order valence-corrected chi connectivity index (χ1v) is 17.0. The first-order chi connectivity index (χ1) is 21.7. The van der Waals surface area contributed by atoms with Crippen molar-refractivity contribution in [3.63, 3.8) is 0 Å². The third-order valence-electron chi connectivity index (χ3n) is 12.3. The number of aliphatic carboxylic acids is 1. The van der Waals surface area contributed by atoms with Crippen LogP contribution in [0.25, 0.3) is 0 Å². The minimum Gasteiger partial charge on any atom is -0.478 e. The zero-order chi connectivity index (χ0) is 31.8. The maximum atomic E-state index is 13.2. The lowest BCUT2D eigenvalue weighted by atomic mass is 9.46. The standard InChI is InChI=1S/C36H52N4O5/c1-24-11-12-27-19-30-31(32(42)43)34(44,23-45-29-10-6-9-26(18-29)17-25-7-4-3-5-8-25)21-35(24,30)36(27)22-40(33(37)38-2)15-13-28(36)20-39-14-16-41/h3-5,7-8,13,15,24,26-29,39,41,44H,6,9-12,14,16-23H2,1-2H3,(H2,37,38)(H,42,43). The van der Waals surface area contributed by atoms with Gasteiger partial charge in [-0.2, -0.15) is 0 Å². The Labute approximate surface area is 267 Å². The predicted molar refractivity (Wildman–Crippen MR) is 174 cm³/mol. The quantitative estimate of drug-likeness (QED) is 0.152. The summed E-state index contributed by atoms with van der Waals surface area (Å²) >= 11 is 0. The molecule has 1 heterocycles. The molecule has 0 aromatic heterocycles. The number of aliphatic hydroxyl groups excluding tert-OH is 1. The molecule has 3 fully saturated rings. The SMILES string of the molecule is CN=C(N)N1C=CC(CNCCO)C2(C1)C1CCC(C)C23CC(O)(COC2CCCC(Cc4ccccc4)C2)C(C(=O)O)=C3C1. The van der Waals surface area contributed by atoms with Crippen molar-refractivity contribution in [3.8, 4) is 0 Å². The van der Waals surface area contributed by atoms with Crippen LogP contribution in [0.3, 0.4) is 0 Å². The minimum atomic E-state index is -1.57. The molecular formula is C36H52N4O5. The third-order valence-corrected chi connectivity index (χ3v) is 12.3. The van der Waals surface area contributed by atoms with E-state index >= 15 is 0 Å². The first-order valence-electron chi connectivity index (χ1n) is 17.0. The topological polar surface area (TPSA) is 141 Å². The lowest BCUT2D eigenvalue weighted by molar-refractivity contribution is -0.143. The normalized spacial score (nSPS) is 37.8. The molecule has 1 aromatic carbocycles. The number of hydrogen-bond acceptors (Lipinski definition) is 6. The Balaban J connectivity index is 1.31. The molecule has 0 radical (unpaired) electrons. The van der Waals surface area contributed by atoms with E-state index in [4.69, 9.17) is 10.5 Å². The monoisotopic (exact) mass is 620 g/mol. The second-order valence-corrected chi connectivity index (χ2v) is 14.5. The highest BCUT2D eigenvalue weighted by molar-refractivity contribution is 5.92. The Morgan fingerprint density at radius 1 is 1.20 bits per heavy atom. The van der Waals surface area contributed by atoms with Crippen molar-refractivity contribution >= 4 is 11.9 Å². The van der Waals surface area contributed by atoms with Crippen LogP contribution >= 0.6 is 0 Å². The highest BCUT2D eigenvalue weighted by Gasteiger charge is 2.75. The zero-order valence-electron chi connectivity index (χ0n) is 27.0. The van der Waals surface area contributed by atoms with Gasteiger partial charge >= 0.3 is 5.97 Å². The number of nitrogens with two attached hydrogens (primary N) is 1. The maximum absolute atomic E-state index is 13.2. The second-order valence-electron chi connectivity index (χ2n) is 14.5. The number of hydrogen-bond donors (Lipinski definition) is 5. The number of nitrogens with one attached hydrogen (secondary N) is 1. The summed E-state index contributed by atoms with van der Waals surface area (Å²) in [6.45, 7) is 4.07. The number of carboxylic acid groups (broad SMARTS) is 1. The molecule has 45 heavy (non-hydrogen) atoms. The molecule has 6 N–H and O–H groups in total. The lowest BCUT2D eigenvalue weighted by Gasteiger charge is -2.61. The number of aliphatic imine (C=N–C) groups is 1. The summed E-state index contributed by atoms with van der Waals surface area (Å²) in [7, 11) is 1.69. The summed E-state index contributed by atoms with van der Waals surface area (Å²) in [6, 6.07) is 10.6. The van der Waals surface area contributed by atoms with E-state index in [1.165, 1.54) is 5.56 Å². The summed E-state index contributed by atoms with van der Waals surface area (Å²) in [6.07, 6.45) is 12.3. The first kappa shape index (κ1) is 32.2. The summed E-state index contributed by atoms with van der Waals surface area (Å²) in [4.78, 5) is 19.5. The second kappa shape index (κ2) is 12.8. The van der Waals surface area contributed by atoms with Gasteiger partial charge in [0, 0.05) is 43.7 Å². The van der Waals surface area contributed by atoms with E-state index in [0.717, 1.165) is 50.5 Å². The van der Waals surface area contributed by atoms with Gasteiger partial charge in [-0.25, -0.2) is 4.79 Å². The predicted octanol–water partition coefficient (Wildman–Crippen LogP) is 3.72. The molecule has 1 aliphatic heterocycles. The van der Waals surface area contributed by atoms with E-state index < -0.39 is 17.0 Å². The maximum Gasteiger partial charge on any atom is 0.334 e. The average Bonchev–Trinajstić information content (AvgIpc) is 3.38. The van der Waals surface area contributed by atoms with Gasteiger partial charge in [-0.3, -0.25) is 4.99 Å². The van der Waals surface area contributed by atoms with Crippen molar-refractivity contribution in [2.24, 2.45) is 45.2 Å². The summed E-state index contributed by atoms with van der Waals surface area (Å²) in [5, 5.41) is 36.3. The number of benzene rings is 1. The zero-order valence-corrected chi connectivity index (χ0v) is 27.0. The van der Waals surface area contributed by atoms with Gasteiger partial charge in [0.1, 0.15) is 5.60 Å². The molecular weight excluding hydrogens is 568 g/mol. The van der Waals surface area contributed by atoms with Crippen LogP contribution in [-0.4, -0.2) is 83.7 Å². The molecule has 0 saturated heterocycles. The van der Waals surface area contributed by atoms with Gasteiger partial charge in [-0.05, 0) is 86.2 Å². The Bertz CT molecular complexity index is 1330. The van der Waals surface area contributed by atoms with Crippen molar-refractivity contribution < 1.29 is 24.9 Å². The molecule has 1 aromatic rings. The molecule has 9 nitrogen and oxygen atoms in total. The van der Waals surface area contributed by atoms with Crippen molar-refractivity contribution in [3.05, 3.63) is 59.3 Å². The van der Waals surface area contributed by atoms with Crippen LogP contribution in [0, 0.1) is 34.5 Å². The molecule has 2 bridgehead atoms. The fourth-order valence-electron chi connectivity index (χ4n) is 10.5. The van der Waals surface area contributed by atoms with E-state index in [-0.39, 0.29) is 48.1 Å². The van der Waals surface area contributed by atoms with Crippen LogP contribution in [0.5, 0.6) is 0 Å². The highest BCUT2D eigenvalue weighted by atomic mass is 16.5. The van der Waals surface area contributed by atoms with Gasteiger partial charge in [0.25, 0.3) is 0 Å². The number of carbonyl (C=O) groups is 1. The van der Waals surface area contributed by atoms with Crippen LogP contribution in [0.15, 0.2) is 58.7 Å². The molecule has 8 unspecified atom stereocenters. The smallest absolute Gasteiger partial charge is 0.334 e. The van der Waals surface area contributed by atoms with Gasteiger partial charge in [0.05, 0.1) is 24.9 Å². The molecule has 5 aliphatic rings. The number of nitrogens with zero attached hydrogens (tertiary/aromatic N) is 2. The van der Waals surface area contributed by atoms with E-state index in [2.05, 4.69) is 47.6 Å². The fourth-order valence-corrected chi connectivity index (χ4v) is 10.5. The van der Waals surface area contributed by atoms with Crippen LogP contribution < -0.4 is 11.1 Å². The summed E-state index contributed by atoms with van der Waals surface area (Å²) in [5.41, 5.74) is 6.39. The van der Waals surface area contributed by atoms with Crippen LogP contribution in [0.1, 0.15) is 63.9 Å². The number of allylic oxidation sites excluding steroid dienone is 1. The van der Waals surface area contributed by atoms with Gasteiger partial charge in [-0.15, -0.1) is 0 Å². The lowest BCUT2D eigenvalue weighted by Crippen LogP contribution is -2.62. The van der Waals surface area contributed by atoms with E-state index in [9.17, 15) is 20.1 Å². The van der Waals surface area contributed by atoms with Gasteiger partial charge in [-0.1, -0.05) is 49.8 Å². The van der Waals surface area contributed by atoms with Crippen molar-refractivity contribution in [1.82, 2.24) is 10.2 Å². The Morgan fingerprint density at radius 3 is 2.73 bits per heavy atom. The van der Waals surface area contributed by atoms with Gasteiger partial charge < -0.3 is 36.0 Å². The largest absolute Gasteiger partial charge is 0.478 e. The van der Waals surface area contributed by atoms with Gasteiger partial charge in [0.15, 0.2) is 5.96 Å². The van der Waals surface area contributed by atoms with Crippen molar-refractivity contribution in [2.45, 2.75) is 76.4 Å². The Morgan fingerprint density at radius 2 is 2.00 bits per heavy atom. The van der Waals surface area contributed by atoms with E-state index in [1.54, 1.807) is 7.05 Å². The third kappa shape index (κ3) is 5.43. The number of carboxylic acids is 1. The molecule has 246 valence electrons. The average molecular weight is 621 g/mol. The fraction of sp³-hybridized carbons (Fsp3) is 0.667. The number of rotatable bonds is 10. The molecule has 9 heteroatoms. The number of ether oxygens (including phenoxy) is 1. The molecule has 8 atom stereocenters. The van der Waals surface area contributed by atoms with Crippen molar-refractivity contribution in [2.75, 3.05) is 39.9 Å². The summed E-state index contributed by atoms with van der Waals surface area (Å²) in [5.74, 6) is 0.419. The van der Waals surface area contributed by atoms with Gasteiger partial charge in [0.2, 0.25) is 0 Å². The van der Waals surface area contributed by atoms with Crippen LogP contribution in [-0.2, 0) is 16.0 Å². The number of aliphatic hydroxyl groups is 2. The molecule has 6 rings (SSSR count). The minimum absolute atomic E-state index is 0.00160. The van der Waals surface area contributed by atoms with Crippen molar-refractivity contribution in [1.29, 1.82) is 0 Å². The molecule has 2 spiro atoms. The molecule has 4 aliphatic carbocycles. The Hall–Kier alpha value is -2.72. The Kier molecular flexibility index (Phi) is 9.18.